The van der Waals surface area contributed by atoms with Crippen molar-refractivity contribution in [2.75, 3.05) is 22.4 Å². The van der Waals surface area contributed by atoms with Crippen LogP contribution in [0.3, 0.4) is 0 Å². The van der Waals surface area contributed by atoms with E-state index in [4.69, 9.17) is 4.74 Å². The molecule has 3 rings (SSSR count). The smallest absolute Gasteiger partial charge is 0.245 e. The van der Waals surface area contributed by atoms with Gasteiger partial charge >= 0.3 is 0 Å². The van der Waals surface area contributed by atoms with E-state index in [2.05, 4.69) is 27.9 Å². The Morgan fingerprint density at radius 2 is 1.60 bits per heavy atom. The minimum Gasteiger partial charge on any atom is -0.489 e. The van der Waals surface area contributed by atoms with Gasteiger partial charge in [0.25, 0.3) is 0 Å². The Kier molecular flexibility index (Phi) is 7.33. The molecule has 0 saturated heterocycles. The lowest BCUT2D eigenvalue weighted by Gasteiger charge is -2.22. The van der Waals surface area contributed by atoms with Crippen LogP contribution in [0.25, 0.3) is 0 Å². The average Bonchev–Trinajstić information content (AvgIpc) is 2.72. The minimum absolute atomic E-state index is 0.314. The Labute approximate surface area is 190 Å². The first kappa shape index (κ1) is 22.1. The van der Waals surface area contributed by atoms with Gasteiger partial charge in [-0.15, -0.1) is 0 Å². The van der Waals surface area contributed by atoms with E-state index in [9.17, 15) is 13.2 Å². The molecule has 0 aliphatic heterocycles. The summed E-state index contributed by atoms with van der Waals surface area (Å²) >= 11 is 2.14. The van der Waals surface area contributed by atoms with Gasteiger partial charge in [-0.25, -0.2) is 8.42 Å². The van der Waals surface area contributed by atoms with E-state index in [1.807, 2.05) is 30.3 Å². The van der Waals surface area contributed by atoms with Gasteiger partial charge in [0.15, 0.2) is 0 Å². The lowest BCUT2D eigenvalue weighted by Crippen LogP contribution is -2.37. The quantitative estimate of drug-likeness (QED) is 0.437. The van der Waals surface area contributed by atoms with Crippen LogP contribution in [0, 0.1) is 3.57 Å². The van der Waals surface area contributed by atoms with Gasteiger partial charge in [0.05, 0.1) is 11.9 Å². The fraction of sp³-hybridized carbons (Fsp3) is 0.136. The molecular formula is C22H21IN2O4S. The van der Waals surface area contributed by atoms with Crippen molar-refractivity contribution < 1.29 is 17.9 Å². The molecule has 0 atom stereocenters. The van der Waals surface area contributed by atoms with Gasteiger partial charge in [0, 0.05) is 9.26 Å². The first-order chi connectivity index (χ1) is 14.3. The summed E-state index contributed by atoms with van der Waals surface area (Å²) < 4.78 is 32.1. The number of rotatable bonds is 8. The van der Waals surface area contributed by atoms with E-state index in [1.165, 1.54) is 0 Å². The molecule has 0 heterocycles. The van der Waals surface area contributed by atoms with Gasteiger partial charge in [0.2, 0.25) is 15.9 Å². The number of amides is 1. The number of carbonyl (C=O) groups is 1. The molecule has 156 valence electrons. The molecule has 1 N–H and O–H groups in total. The number of nitrogens with one attached hydrogen (secondary N) is 1. The van der Waals surface area contributed by atoms with Crippen molar-refractivity contribution >= 4 is 49.9 Å². The summed E-state index contributed by atoms with van der Waals surface area (Å²) in [4.78, 5) is 12.5. The molecule has 0 unspecified atom stereocenters. The third-order valence-corrected chi connectivity index (χ3v) is 6.05. The van der Waals surface area contributed by atoms with Crippen molar-refractivity contribution in [3.05, 3.63) is 88.0 Å². The Morgan fingerprint density at radius 3 is 2.20 bits per heavy atom. The van der Waals surface area contributed by atoms with Crippen molar-refractivity contribution in [3.63, 3.8) is 0 Å². The molecule has 30 heavy (non-hydrogen) atoms. The maximum atomic E-state index is 12.5. The maximum absolute atomic E-state index is 12.5. The van der Waals surface area contributed by atoms with Gasteiger partial charge in [-0.2, -0.15) is 0 Å². The first-order valence-electron chi connectivity index (χ1n) is 9.11. The highest BCUT2D eigenvalue weighted by Gasteiger charge is 2.20. The fourth-order valence-electron chi connectivity index (χ4n) is 2.71. The molecule has 0 aliphatic rings. The number of sulfonamides is 1. The third-order valence-electron chi connectivity index (χ3n) is 4.19. The van der Waals surface area contributed by atoms with Crippen molar-refractivity contribution in [2.24, 2.45) is 0 Å². The molecule has 0 saturated carbocycles. The number of carbonyl (C=O) groups excluding carboxylic acids is 1. The monoisotopic (exact) mass is 536 g/mol. The summed E-state index contributed by atoms with van der Waals surface area (Å²) in [6.45, 7) is 0.136. The van der Waals surface area contributed by atoms with Crippen molar-refractivity contribution in [2.45, 2.75) is 6.61 Å². The number of benzene rings is 3. The zero-order chi connectivity index (χ0) is 21.6. The van der Waals surface area contributed by atoms with Gasteiger partial charge in [-0.05, 0) is 76.7 Å². The SMILES string of the molecule is CS(=O)(=O)N(CC(=O)Nc1ccc(OCc2ccccc2)cc1)c1ccc(I)cc1. The van der Waals surface area contributed by atoms with E-state index in [1.54, 1.807) is 48.5 Å². The molecule has 0 aromatic heterocycles. The summed E-state index contributed by atoms with van der Waals surface area (Å²) in [6.07, 6.45) is 1.08. The highest BCUT2D eigenvalue weighted by atomic mass is 127. The second kappa shape index (κ2) is 9.94. The highest BCUT2D eigenvalue weighted by Crippen LogP contribution is 2.20. The number of ether oxygens (including phenoxy) is 1. The van der Waals surface area contributed by atoms with E-state index in [0.717, 1.165) is 19.7 Å². The summed E-state index contributed by atoms with van der Waals surface area (Å²) in [6, 6.07) is 23.7. The zero-order valence-electron chi connectivity index (χ0n) is 16.3. The van der Waals surface area contributed by atoms with E-state index < -0.39 is 15.9 Å². The van der Waals surface area contributed by atoms with Crippen LogP contribution in [0.2, 0.25) is 0 Å². The van der Waals surface area contributed by atoms with Crippen LogP contribution < -0.4 is 14.4 Å². The second-order valence-corrected chi connectivity index (χ2v) is 9.75. The highest BCUT2D eigenvalue weighted by molar-refractivity contribution is 14.1. The van der Waals surface area contributed by atoms with E-state index in [-0.39, 0.29) is 6.54 Å². The molecule has 6 nitrogen and oxygen atoms in total. The number of hydrogen-bond acceptors (Lipinski definition) is 4. The molecule has 0 fully saturated rings. The number of nitrogens with zero attached hydrogens (tertiary/aromatic N) is 1. The molecular weight excluding hydrogens is 515 g/mol. The van der Waals surface area contributed by atoms with E-state index in [0.29, 0.717) is 23.7 Å². The molecule has 0 radical (unpaired) electrons. The Hall–Kier alpha value is -2.59. The van der Waals surface area contributed by atoms with Gasteiger partial charge in [-0.1, -0.05) is 30.3 Å². The molecule has 3 aromatic carbocycles. The predicted molar refractivity (Wildman–Crippen MR) is 127 cm³/mol. The Balaban J connectivity index is 1.61. The summed E-state index contributed by atoms with van der Waals surface area (Å²) in [5, 5.41) is 2.72. The van der Waals surface area contributed by atoms with Crippen LogP contribution >= 0.6 is 22.6 Å². The minimum atomic E-state index is -3.61. The van der Waals surface area contributed by atoms with Crippen molar-refractivity contribution in [1.29, 1.82) is 0 Å². The second-order valence-electron chi connectivity index (χ2n) is 6.59. The molecule has 1 amide bonds. The zero-order valence-corrected chi connectivity index (χ0v) is 19.3. The number of anilines is 2. The van der Waals surface area contributed by atoms with Gasteiger partial charge in [-0.3, -0.25) is 9.10 Å². The largest absolute Gasteiger partial charge is 0.489 e. The fourth-order valence-corrected chi connectivity index (χ4v) is 3.93. The number of halogens is 1. The Morgan fingerprint density at radius 1 is 0.967 bits per heavy atom. The van der Waals surface area contributed by atoms with Crippen LogP contribution in [0.4, 0.5) is 11.4 Å². The molecule has 0 spiro atoms. The lowest BCUT2D eigenvalue weighted by molar-refractivity contribution is -0.114. The van der Waals surface area contributed by atoms with Gasteiger partial charge < -0.3 is 10.1 Å². The first-order valence-corrected chi connectivity index (χ1v) is 12.0. The number of hydrogen-bond donors (Lipinski definition) is 1. The standard InChI is InChI=1S/C22H21IN2O4S/c1-30(27,28)25(20-11-7-18(23)8-12-20)15-22(26)24-19-9-13-21(14-10-19)29-16-17-5-3-2-4-6-17/h2-14H,15-16H2,1H3,(H,24,26). The molecule has 3 aromatic rings. The van der Waals surface area contributed by atoms with Crippen LogP contribution in [-0.4, -0.2) is 27.1 Å². The summed E-state index contributed by atoms with van der Waals surface area (Å²) in [7, 11) is -3.61. The third kappa shape index (κ3) is 6.46. The van der Waals surface area contributed by atoms with Crippen molar-refractivity contribution in [3.8, 4) is 5.75 Å². The lowest BCUT2D eigenvalue weighted by atomic mass is 10.2. The maximum Gasteiger partial charge on any atom is 0.245 e. The van der Waals surface area contributed by atoms with Gasteiger partial charge in [0.1, 0.15) is 18.9 Å². The van der Waals surface area contributed by atoms with Crippen LogP contribution in [0.5, 0.6) is 5.75 Å². The molecule has 0 aliphatic carbocycles. The topological polar surface area (TPSA) is 75.7 Å². The van der Waals surface area contributed by atoms with E-state index >= 15 is 0 Å². The average molecular weight is 536 g/mol. The predicted octanol–water partition coefficient (Wildman–Crippen LogP) is 4.27. The normalized spacial score (nSPS) is 11.0. The van der Waals surface area contributed by atoms with Crippen LogP contribution in [-0.2, 0) is 21.4 Å². The summed E-state index contributed by atoms with van der Waals surface area (Å²) in [5.41, 5.74) is 2.06. The van der Waals surface area contributed by atoms with Crippen LogP contribution in [0.15, 0.2) is 78.9 Å². The van der Waals surface area contributed by atoms with Crippen LogP contribution in [0.1, 0.15) is 5.56 Å². The summed E-state index contributed by atoms with van der Waals surface area (Å²) in [5.74, 6) is 0.241. The molecule has 0 bridgehead atoms. The molecule has 8 heteroatoms. The van der Waals surface area contributed by atoms with Crippen molar-refractivity contribution in [1.82, 2.24) is 0 Å². The Bertz CT molecular complexity index is 1090.